The maximum atomic E-state index is 11.8. The van der Waals surface area contributed by atoms with Gasteiger partial charge in [0.15, 0.2) is 21.9 Å². The fourth-order valence-electron chi connectivity index (χ4n) is 4.40. The first-order chi connectivity index (χ1) is 20.8. The molecule has 0 saturated heterocycles. The summed E-state index contributed by atoms with van der Waals surface area (Å²) in [6, 6.07) is 23.1. The Labute approximate surface area is 262 Å². The highest BCUT2D eigenvalue weighted by Crippen LogP contribution is 2.43. The molecule has 0 bridgehead atoms. The van der Waals surface area contributed by atoms with Gasteiger partial charge in [-0.15, -0.1) is 0 Å². The molecule has 1 aliphatic rings. The van der Waals surface area contributed by atoms with E-state index in [0.29, 0.717) is 39.3 Å². The minimum atomic E-state index is -0.483. The van der Waals surface area contributed by atoms with Gasteiger partial charge in [-0.25, -0.2) is 14.4 Å². The van der Waals surface area contributed by atoms with Gasteiger partial charge in [0.2, 0.25) is 0 Å². The lowest BCUT2D eigenvalue weighted by molar-refractivity contribution is -0.384. The van der Waals surface area contributed by atoms with Crippen LogP contribution >= 0.6 is 39.9 Å². The number of rotatable bonds is 6. The molecule has 3 aromatic carbocycles. The smallest absolute Gasteiger partial charge is 0.269 e. The maximum absolute atomic E-state index is 11.8. The van der Waals surface area contributed by atoms with Crippen LogP contribution < -0.4 is 11.2 Å². The van der Waals surface area contributed by atoms with Crippen LogP contribution in [-0.4, -0.2) is 51.5 Å². The molecule has 0 amide bonds. The van der Waals surface area contributed by atoms with Crippen LogP contribution in [-0.2, 0) is 0 Å². The number of hydrazone groups is 1. The van der Waals surface area contributed by atoms with Crippen LogP contribution in [0.25, 0.3) is 39.5 Å². The molecule has 12 nitrogen and oxygen atoms in total. The first-order valence-corrected chi connectivity index (χ1v) is 14.8. The second kappa shape index (κ2) is 11.8. The number of nitrogens with two attached hydrogens (primary N) is 1. The third kappa shape index (κ3) is 5.77. The second-order valence-electron chi connectivity index (χ2n) is 9.13. The van der Waals surface area contributed by atoms with Crippen molar-refractivity contribution in [3.8, 4) is 45.2 Å². The van der Waals surface area contributed by atoms with Gasteiger partial charge in [-0.05, 0) is 48.6 Å². The van der Waals surface area contributed by atoms with E-state index in [1.165, 1.54) is 28.6 Å². The van der Waals surface area contributed by atoms with Crippen molar-refractivity contribution in [3.63, 3.8) is 0 Å². The van der Waals surface area contributed by atoms with Gasteiger partial charge in [-0.1, -0.05) is 58.0 Å². The van der Waals surface area contributed by atoms with Crippen molar-refractivity contribution in [3.05, 3.63) is 99.6 Å². The summed E-state index contributed by atoms with van der Waals surface area (Å²) in [6.45, 7) is 0. The lowest BCUT2D eigenvalue weighted by Gasteiger charge is -2.06. The molecule has 0 atom stereocenters. The molecule has 6 rings (SSSR count). The summed E-state index contributed by atoms with van der Waals surface area (Å²) in [5.41, 5.74) is 11.8. The van der Waals surface area contributed by atoms with E-state index in [0.717, 1.165) is 15.7 Å². The molecule has 2 aromatic heterocycles. The predicted octanol–water partition coefficient (Wildman–Crippen LogP) is 5.54. The number of benzene rings is 3. The SMILES string of the molecule is NC(=S)N/N=C1\CSC(n2nc(-c3cn(-c4ccccc4)nc3-c3ccc(Br)cc3)c(O)c2-c2ccc([N+](=O)[O-])cc2)=N1. The van der Waals surface area contributed by atoms with Crippen molar-refractivity contribution in [2.45, 2.75) is 0 Å². The summed E-state index contributed by atoms with van der Waals surface area (Å²) in [4.78, 5) is 15.4. The Morgan fingerprint density at radius 2 is 1.74 bits per heavy atom. The summed E-state index contributed by atoms with van der Waals surface area (Å²) in [6.07, 6.45) is 1.81. The first kappa shape index (κ1) is 28.3. The number of halogens is 1. The van der Waals surface area contributed by atoms with Crippen LogP contribution in [0.3, 0.4) is 0 Å². The third-order valence-electron chi connectivity index (χ3n) is 6.35. The molecule has 0 unspecified atom stereocenters. The van der Waals surface area contributed by atoms with Crippen LogP contribution in [0.5, 0.6) is 5.75 Å². The van der Waals surface area contributed by atoms with Gasteiger partial charge in [0.25, 0.3) is 5.69 Å². The predicted molar refractivity (Wildman–Crippen MR) is 174 cm³/mol. The summed E-state index contributed by atoms with van der Waals surface area (Å²) in [5.74, 6) is 0.678. The highest BCUT2D eigenvalue weighted by atomic mass is 79.9. The highest BCUT2D eigenvalue weighted by molar-refractivity contribution is 9.10. The third-order valence-corrected chi connectivity index (χ3v) is 7.90. The molecule has 214 valence electrons. The molecule has 3 heterocycles. The molecule has 0 saturated carbocycles. The van der Waals surface area contributed by atoms with Crippen molar-refractivity contribution in [1.82, 2.24) is 25.0 Å². The Hall–Kier alpha value is -4.86. The van der Waals surface area contributed by atoms with Crippen molar-refractivity contribution >= 4 is 61.7 Å². The zero-order valence-electron chi connectivity index (χ0n) is 22.0. The number of aromatic hydroxyl groups is 1. The number of nitro groups is 1. The zero-order valence-corrected chi connectivity index (χ0v) is 25.2. The number of thiocarbonyl (C=S) groups is 1. The van der Waals surface area contributed by atoms with E-state index in [9.17, 15) is 15.2 Å². The summed E-state index contributed by atoms with van der Waals surface area (Å²) in [7, 11) is 0. The second-order valence-corrected chi connectivity index (χ2v) is 11.4. The van der Waals surface area contributed by atoms with E-state index in [2.05, 4.69) is 31.4 Å². The molecule has 1 aliphatic heterocycles. The minimum absolute atomic E-state index is 0.00244. The average molecular weight is 675 g/mol. The van der Waals surface area contributed by atoms with Gasteiger partial charge in [0.05, 0.1) is 21.9 Å². The number of aliphatic imine (C=N–C) groups is 1. The topological polar surface area (TPSA) is 162 Å². The van der Waals surface area contributed by atoms with Crippen molar-refractivity contribution in [2.24, 2.45) is 15.8 Å². The van der Waals surface area contributed by atoms with Gasteiger partial charge in [-0.2, -0.15) is 15.3 Å². The number of nitrogens with zero attached hydrogens (tertiary/aromatic N) is 7. The zero-order chi connectivity index (χ0) is 30.1. The van der Waals surface area contributed by atoms with Gasteiger partial charge in [0, 0.05) is 33.9 Å². The molecule has 15 heteroatoms. The number of non-ortho nitro benzene ring substituents is 1. The number of hydrogen-bond donors (Lipinski definition) is 3. The molecule has 0 spiro atoms. The minimum Gasteiger partial charge on any atom is -0.504 e. The lowest BCUT2D eigenvalue weighted by Crippen LogP contribution is -2.25. The van der Waals surface area contributed by atoms with E-state index in [1.807, 2.05) is 54.6 Å². The number of thioether (sulfide) groups is 1. The quantitative estimate of drug-likeness (QED) is 0.119. The fraction of sp³-hybridized carbons (Fsp3) is 0.0357. The van der Waals surface area contributed by atoms with E-state index in [1.54, 1.807) is 23.0 Å². The van der Waals surface area contributed by atoms with Crippen LogP contribution in [0.15, 0.2) is 99.6 Å². The van der Waals surface area contributed by atoms with Gasteiger partial charge in [-0.3, -0.25) is 15.5 Å². The van der Waals surface area contributed by atoms with Crippen LogP contribution in [0.4, 0.5) is 5.69 Å². The molecule has 43 heavy (non-hydrogen) atoms. The number of aromatic nitrogens is 4. The van der Waals surface area contributed by atoms with Crippen LogP contribution in [0.1, 0.15) is 0 Å². The highest BCUT2D eigenvalue weighted by Gasteiger charge is 2.29. The van der Waals surface area contributed by atoms with Gasteiger partial charge < -0.3 is 10.8 Å². The number of para-hydroxylation sites is 1. The summed E-state index contributed by atoms with van der Waals surface area (Å²) < 4.78 is 4.14. The Balaban J connectivity index is 1.56. The molecule has 4 N–H and O–H groups in total. The molecular weight excluding hydrogens is 654 g/mol. The van der Waals surface area contributed by atoms with E-state index in [-0.39, 0.29) is 22.2 Å². The van der Waals surface area contributed by atoms with Gasteiger partial charge >= 0.3 is 0 Å². The number of nitrogens with one attached hydrogen (secondary N) is 1. The Kier molecular flexibility index (Phi) is 7.75. The number of hydrogen-bond acceptors (Lipinski definition) is 8. The fourth-order valence-corrected chi connectivity index (χ4v) is 5.52. The molecule has 0 radical (unpaired) electrons. The van der Waals surface area contributed by atoms with E-state index in [4.69, 9.17) is 28.1 Å². The standard InChI is InChI=1S/C28H20BrN9O3S2/c29-18-10-6-16(7-11-18)23-21(14-36(34-23)19-4-2-1-3-5-19)24-26(39)25(17-8-12-20(13-9-17)38(40)41)37(35-24)28-31-22(15-43-28)32-33-27(30)42/h1-14,39H,15H2,(H3,30,33,42)/b32-22+. The molecular formula is C28H20BrN9O3S2. The van der Waals surface area contributed by atoms with Crippen LogP contribution in [0.2, 0.25) is 0 Å². The van der Waals surface area contributed by atoms with Crippen molar-refractivity contribution in [1.29, 1.82) is 0 Å². The molecule has 5 aromatic rings. The lowest BCUT2D eigenvalue weighted by atomic mass is 10.0. The molecule has 0 fully saturated rings. The van der Waals surface area contributed by atoms with E-state index >= 15 is 0 Å². The normalized spacial score (nSPS) is 13.7. The van der Waals surface area contributed by atoms with E-state index < -0.39 is 4.92 Å². The first-order valence-electron chi connectivity index (χ1n) is 12.6. The largest absolute Gasteiger partial charge is 0.504 e. The van der Waals surface area contributed by atoms with Crippen molar-refractivity contribution < 1.29 is 10.0 Å². The summed E-state index contributed by atoms with van der Waals surface area (Å²) >= 11 is 9.66. The monoisotopic (exact) mass is 673 g/mol. The van der Waals surface area contributed by atoms with Crippen molar-refractivity contribution in [2.75, 3.05) is 5.75 Å². The summed E-state index contributed by atoms with van der Waals surface area (Å²) in [5, 5.41) is 37.3. The average Bonchev–Trinajstić information content (AvgIpc) is 3.74. The Morgan fingerprint density at radius 3 is 2.42 bits per heavy atom. The maximum Gasteiger partial charge on any atom is 0.269 e. The number of amidine groups is 1. The Bertz CT molecular complexity index is 1920. The Morgan fingerprint density at radius 1 is 1.05 bits per heavy atom. The molecule has 0 aliphatic carbocycles. The van der Waals surface area contributed by atoms with Gasteiger partial charge in [0.1, 0.15) is 17.1 Å². The number of nitro benzene ring substituents is 1. The van der Waals surface area contributed by atoms with Crippen LogP contribution in [0, 0.1) is 10.1 Å².